The molecule has 3 rings (SSSR count). The molecule has 1 fully saturated rings. The van der Waals surface area contributed by atoms with Crippen molar-refractivity contribution in [2.75, 3.05) is 0 Å². The molecular formula is C17H24N4. The van der Waals surface area contributed by atoms with Gasteiger partial charge in [-0.25, -0.2) is 0 Å². The van der Waals surface area contributed by atoms with E-state index in [0.717, 1.165) is 12.2 Å². The first-order valence-corrected chi connectivity index (χ1v) is 8.00. The molecule has 0 bridgehead atoms. The quantitative estimate of drug-likeness (QED) is 0.911. The Bertz CT molecular complexity index is 543. The molecule has 112 valence electrons. The Morgan fingerprint density at radius 1 is 1.19 bits per heavy atom. The van der Waals surface area contributed by atoms with Crippen LogP contribution in [-0.2, 0) is 6.54 Å². The maximum atomic E-state index is 4.74. The summed E-state index contributed by atoms with van der Waals surface area (Å²) < 4.78 is 2.17. The van der Waals surface area contributed by atoms with Crippen LogP contribution in [-0.4, -0.2) is 14.8 Å². The Kier molecular flexibility index (Phi) is 4.65. The highest BCUT2D eigenvalue weighted by Gasteiger charge is 2.16. The number of rotatable bonds is 5. The molecule has 0 radical (unpaired) electrons. The largest absolute Gasteiger partial charge is 0.304 e. The molecule has 0 amide bonds. The molecule has 2 heterocycles. The van der Waals surface area contributed by atoms with E-state index >= 15 is 0 Å². The van der Waals surface area contributed by atoms with Gasteiger partial charge in [0.05, 0.1) is 11.7 Å². The van der Waals surface area contributed by atoms with Crippen LogP contribution in [0.2, 0.25) is 0 Å². The summed E-state index contributed by atoms with van der Waals surface area (Å²) in [6.07, 6.45) is 12.5. The van der Waals surface area contributed by atoms with Crippen LogP contribution in [0.25, 0.3) is 0 Å². The van der Waals surface area contributed by atoms with Gasteiger partial charge in [0.2, 0.25) is 0 Å². The molecule has 1 aliphatic carbocycles. The summed E-state index contributed by atoms with van der Waals surface area (Å²) >= 11 is 0. The molecule has 1 atom stereocenters. The molecule has 21 heavy (non-hydrogen) atoms. The van der Waals surface area contributed by atoms with Crippen LogP contribution >= 0.6 is 0 Å². The van der Waals surface area contributed by atoms with Crippen LogP contribution in [0.15, 0.2) is 36.8 Å². The van der Waals surface area contributed by atoms with Gasteiger partial charge < -0.3 is 5.32 Å². The Morgan fingerprint density at radius 2 is 1.95 bits per heavy atom. The Labute approximate surface area is 126 Å². The van der Waals surface area contributed by atoms with Gasteiger partial charge in [-0.2, -0.15) is 5.10 Å². The van der Waals surface area contributed by atoms with E-state index in [1.807, 2.05) is 12.4 Å². The number of pyridine rings is 1. The minimum Gasteiger partial charge on any atom is -0.304 e. The predicted octanol–water partition coefficient (Wildman–Crippen LogP) is 3.63. The van der Waals surface area contributed by atoms with Crippen molar-refractivity contribution in [3.8, 4) is 0 Å². The lowest BCUT2D eigenvalue weighted by Crippen LogP contribution is -2.19. The predicted molar refractivity (Wildman–Crippen MR) is 83.8 cm³/mol. The van der Waals surface area contributed by atoms with Crippen LogP contribution in [0.4, 0.5) is 0 Å². The van der Waals surface area contributed by atoms with E-state index in [9.17, 15) is 0 Å². The topological polar surface area (TPSA) is 42.7 Å². The Hall–Kier alpha value is -1.68. The molecule has 1 unspecified atom stereocenters. The van der Waals surface area contributed by atoms with E-state index in [-0.39, 0.29) is 0 Å². The molecule has 4 nitrogen and oxygen atoms in total. The van der Waals surface area contributed by atoms with Crippen molar-refractivity contribution in [2.45, 2.75) is 57.7 Å². The summed E-state index contributed by atoms with van der Waals surface area (Å²) in [5.41, 5.74) is 2.39. The summed E-state index contributed by atoms with van der Waals surface area (Å²) in [6.45, 7) is 2.98. The van der Waals surface area contributed by atoms with Crippen LogP contribution in [0, 0.1) is 0 Å². The monoisotopic (exact) mass is 284 g/mol. The first kappa shape index (κ1) is 14.3. The summed E-state index contributed by atoms with van der Waals surface area (Å²) in [5, 5.41) is 8.27. The average Bonchev–Trinajstić information content (AvgIpc) is 3.03. The third-order valence-electron chi connectivity index (χ3n) is 4.41. The van der Waals surface area contributed by atoms with Gasteiger partial charge in [-0.3, -0.25) is 9.67 Å². The van der Waals surface area contributed by atoms with Gasteiger partial charge in [-0.1, -0.05) is 19.3 Å². The lowest BCUT2D eigenvalue weighted by molar-refractivity contribution is 0.327. The summed E-state index contributed by atoms with van der Waals surface area (Å²) in [7, 11) is 0. The molecule has 1 saturated carbocycles. The zero-order valence-corrected chi connectivity index (χ0v) is 12.7. The van der Waals surface area contributed by atoms with Crippen molar-refractivity contribution < 1.29 is 0 Å². The van der Waals surface area contributed by atoms with E-state index in [4.69, 9.17) is 5.10 Å². The van der Waals surface area contributed by atoms with Crippen LogP contribution in [0.5, 0.6) is 0 Å². The maximum Gasteiger partial charge on any atom is 0.0762 e. The Balaban J connectivity index is 1.55. The lowest BCUT2D eigenvalue weighted by Gasteiger charge is -2.21. The molecule has 0 aliphatic heterocycles. The van der Waals surface area contributed by atoms with Gasteiger partial charge >= 0.3 is 0 Å². The van der Waals surface area contributed by atoms with E-state index in [2.05, 4.69) is 46.3 Å². The molecule has 1 aliphatic rings. The lowest BCUT2D eigenvalue weighted by atomic mass is 9.96. The fourth-order valence-corrected chi connectivity index (χ4v) is 3.05. The second-order valence-electron chi connectivity index (χ2n) is 5.96. The SMILES string of the molecule is CC(NCc1ccn(C2CCCCC2)n1)c1ccncc1. The summed E-state index contributed by atoms with van der Waals surface area (Å²) in [4.78, 5) is 4.06. The number of nitrogens with zero attached hydrogens (tertiary/aromatic N) is 3. The third kappa shape index (κ3) is 3.70. The molecule has 4 heteroatoms. The average molecular weight is 284 g/mol. The fourth-order valence-electron chi connectivity index (χ4n) is 3.05. The zero-order valence-electron chi connectivity index (χ0n) is 12.7. The first-order chi connectivity index (χ1) is 10.3. The molecule has 0 saturated heterocycles. The highest BCUT2D eigenvalue weighted by atomic mass is 15.3. The molecule has 2 aromatic heterocycles. The van der Waals surface area contributed by atoms with Crippen LogP contribution < -0.4 is 5.32 Å². The minimum atomic E-state index is 0.313. The molecule has 2 aromatic rings. The molecule has 0 spiro atoms. The second-order valence-corrected chi connectivity index (χ2v) is 5.96. The number of hydrogen-bond donors (Lipinski definition) is 1. The summed E-state index contributed by atoms with van der Waals surface area (Å²) in [5.74, 6) is 0. The smallest absolute Gasteiger partial charge is 0.0762 e. The van der Waals surface area contributed by atoms with E-state index in [1.165, 1.54) is 37.7 Å². The van der Waals surface area contributed by atoms with Gasteiger partial charge in [-0.05, 0) is 43.5 Å². The van der Waals surface area contributed by atoms with Gasteiger partial charge in [-0.15, -0.1) is 0 Å². The van der Waals surface area contributed by atoms with E-state index < -0.39 is 0 Å². The van der Waals surface area contributed by atoms with Crippen molar-refractivity contribution in [3.05, 3.63) is 48.0 Å². The standard InChI is InChI=1S/C17H24N4/c1-14(15-7-10-18-11-8-15)19-13-16-9-12-21(20-16)17-5-3-2-4-6-17/h7-12,14,17,19H,2-6,13H2,1H3. The van der Waals surface area contributed by atoms with Gasteiger partial charge in [0.25, 0.3) is 0 Å². The van der Waals surface area contributed by atoms with Crippen molar-refractivity contribution in [1.29, 1.82) is 0 Å². The maximum absolute atomic E-state index is 4.74. The fraction of sp³-hybridized carbons (Fsp3) is 0.529. The molecule has 0 aromatic carbocycles. The normalized spacial score (nSPS) is 17.8. The highest BCUT2D eigenvalue weighted by Crippen LogP contribution is 2.27. The van der Waals surface area contributed by atoms with Gasteiger partial charge in [0.1, 0.15) is 0 Å². The van der Waals surface area contributed by atoms with Crippen molar-refractivity contribution in [3.63, 3.8) is 0 Å². The Morgan fingerprint density at radius 3 is 2.71 bits per heavy atom. The number of hydrogen-bond acceptors (Lipinski definition) is 3. The number of aromatic nitrogens is 3. The van der Waals surface area contributed by atoms with E-state index in [1.54, 1.807) is 0 Å². The van der Waals surface area contributed by atoms with Gasteiger partial charge in [0, 0.05) is 31.2 Å². The van der Waals surface area contributed by atoms with Crippen LogP contribution in [0.3, 0.4) is 0 Å². The molecule has 1 N–H and O–H groups in total. The van der Waals surface area contributed by atoms with E-state index in [0.29, 0.717) is 12.1 Å². The third-order valence-corrected chi connectivity index (χ3v) is 4.41. The summed E-state index contributed by atoms with van der Waals surface area (Å²) in [6, 6.07) is 7.18. The van der Waals surface area contributed by atoms with Crippen molar-refractivity contribution in [2.24, 2.45) is 0 Å². The number of nitrogens with one attached hydrogen (secondary N) is 1. The van der Waals surface area contributed by atoms with Crippen molar-refractivity contribution in [1.82, 2.24) is 20.1 Å². The molecular weight excluding hydrogens is 260 g/mol. The van der Waals surface area contributed by atoms with Crippen LogP contribution in [0.1, 0.15) is 62.4 Å². The second kappa shape index (κ2) is 6.85. The van der Waals surface area contributed by atoms with Crippen molar-refractivity contribution >= 4 is 0 Å². The zero-order chi connectivity index (χ0) is 14.5. The highest BCUT2D eigenvalue weighted by molar-refractivity contribution is 5.14. The van der Waals surface area contributed by atoms with Gasteiger partial charge in [0.15, 0.2) is 0 Å². The minimum absolute atomic E-state index is 0.313. The first-order valence-electron chi connectivity index (χ1n) is 8.00.